The van der Waals surface area contributed by atoms with Gasteiger partial charge in [0.25, 0.3) is 5.91 Å². The average molecular weight is 379 g/mol. The fourth-order valence-corrected chi connectivity index (χ4v) is 4.27. The van der Waals surface area contributed by atoms with Crippen molar-refractivity contribution in [2.45, 2.75) is 38.6 Å². The molecule has 1 unspecified atom stereocenters. The molecule has 3 nitrogen and oxygen atoms in total. The zero-order valence-electron chi connectivity index (χ0n) is 14.7. The van der Waals surface area contributed by atoms with Crippen LogP contribution in [0.15, 0.2) is 41.8 Å². The van der Waals surface area contributed by atoms with Gasteiger partial charge in [0.15, 0.2) is 0 Å². The first-order valence-corrected chi connectivity index (χ1v) is 9.75. The number of thiophene rings is 1. The lowest BCUT2D eigenvalue weighted by Gasteiger charge is -2.30. The number of carbonyl (C=O) groups excluding carboxylic acids is 1. The van der Waals surface area contributed by atoms with Crippen molar-refractivity contribution >= 4 is 29.7 Å². The van der Waals surface area contributed by atoms with E-state index in [0.29, 0.717) is 6.54 Å². The fourth-order valence-electron chi connectivity index (χ4n) is 3.41. The Balaban J connectivity index is 0.00000225. The Morgan fingerprint density at radius 1 is 1.12 bits per heavy atom. The van der Waals surface area contributed by atoms with Gasteiger partial charge >= 0.3 is 0 Å². The summed E-state index contributed by atoms with van der Waals surface area (Å²) in [5.41, 5.74) is 1.80. The van der Waals surface area contributed by atoms with E-state index in [0.717, 1.165) is 24.2 Å². The van der Waals surface area contributed by atoms with Gasteiger partial charge in [-0.25, -0.2) is 0 Å². The number of aryl methyl sites for hydroxylation is 1. The monoisotopic (exact) mass is 378 g/mol. The predicted molar refractivity (Wildman–Crippen MR) is 108 cm³/mol. The third-order valence-electron chi connectivity index (χ3n) is 4.80. The van der Waals surface area contributed by atoms with Gasteiger partial charge in [-0.05, 0) is 55.9 Å². The Morgan fingerprint density at radius 3 is 2.48 bits per heavy atom. The molecule has 1 aliphatic heterocycles. The molecule has 136 valence electrons. The summed E-state index contributed by atoms with van der Waals surface area (Å²) in [6.45, 7) is 4.92. The zero-order valence-corrected chi connectivity index (χ0v) is 16.4. The number of benzene rings is 1. The molecule has 0 aliphatic carbocycles. The van der Waals surface area contributed by atoms with Crippen LogP contribution in [0.1, 0.15) is 52.5 Å². The number of nitrogens with zero attached hydrogens (tertiary/aromatic N) is 1. The third-order valence-corrected chi connectivity index (χ3v) is 5.77. The molecule has 1 atom stereocenters. The lowest BCUT2D eigenvalue weighted by atomic mass is 10.1. The van der Waals surface area contributed by atoms with Crippen molar-refractivity contribution in [3.63, 3.8) is 0 Å². The Labute approximate surface area is 160 Å². The van der Waals surface area contributed by atoms with Crippen LogP contribution in [-0.4, -0.2) is 30.4 Å². The Morgan fingerprint density at radius 2 is 1.84 bits per heavy atom. The second kappa shape index (κ2) is 9.95. The highest BCUT2D eigenvalue weighted by molar-refractivity contribution is 7.10. The Kier molecular flexibility index (Phi) is 7.94. The maximum absolute atomic E-state index is 12.6. The number of hydrogen-bond donors (Lipinski definition) is 1. The van der Waals surface area contributed by atoms with E-state index in [4.69, 9.17) is 0 Å². The summed E-state index contributed by atoms with van der Waals surface area (Å²) in [6.07, 6.45) is 5.16. The fraction of sp³-hybridized carbons (Fsp3) is 0.450. The van der Waals surface area contributed by atoms with Crippen molar-refractivity contribution in [1.29, 1.82) is 0 Å². The molecule has 0 spiro atoms. The SMILES string of the molecule is Cc1ccccc1C(=O)NCC(c1cccs1)N1CCCCCC1.Cl. The molecule has 2 aromatic rings. The van der Waals surface area contributed by atoms with Crippen LogP contribution in [0.25, 0.3) is 0 Å². The minimum absolute atomic E-state index is 0. The molecule has 0 saturated carbocycles. The molecule has 25 heavy (non-hydrogen) atoms. The predicted octanol–water partition coefficient (Wildman–Crippen LogP) is 4.83. The molecule has 1 aromatic heterocycles. The summed E-state index contributed by atoms with van der Waals surface area (Å²) in [7, 11) is 0. The summed E-state index contributed by atoms with van der Waals surface area (Å²) < 4.78 is 0. The normalized spacial score (nSPS) is 16.5. The number of likely N-dealkylation sites (tertiary alicyclic amines) is 1. The largest absolute Gasteiger partial charge is 0.350 e. The maximum Gasteiger partial charge on any atom is 0.251 e. The number of nitrogens with one attached hydrogen (secondary N) is 1. The first-order chi connectivity index (χ1) is 11.8. The van der Waals surface area contributed by atoms with Crippen LogP contribution in [0.2, 0.25) is 0 Å². The second-order valence-corrected chi connectivity index (χ2v) is 7.49. The molecule has 1 fully saturated rings. The van der Waals surface area contributed by atoms with Gasteiger partial charge in [-0.15, -0.1) is 23.7 Å². The van der Waals surface area contributed by atoms with Gasteiger partial charge < -0.3 is 5.32 Å². The van der Waals surface area contributed by atoms with Crippen LogP contribution in [0.3, 0.4) is 0 Å². The zero-order chi connectivity index (χ0) is 16.8. The van der Waals surface area contributed by atoms with Gasteiger partial charge in [-0.2, -0.15) is 0 Å². The molecule has 1 saturated heterocycles. The number of rotatable bonds is 5. The highest BCUT2D eigenvalue weighted by Crippen LogP contribution is 2.27. The minimum Gasteiger partial charge on any atom is -0.350 e. The van der Waals surface area contributed by atoms with E-state index in [9.17, 15) is 4.79 Å². The number of hydrogen-bond acceptors (Lipinski definition) is 3. The van der Waals surface area contributed by atoms with E-state index in [1.165, 1.54) is 30.6 Å². The van der Waals surface area contributed by atoms with Crippen LogP contribution in [0.5, 0.6) is 0 Å². The van der Waals surface area contributed by atoms with Crippen molar-refractivity contribution in [2.24, 2.45) is 0 Å². The molecule has 1 amide bonds. The molecule has 1 aliphatic rings. The smallest absolute Gasteiger partial charge is 0.251 e. The Hall–Kier alpha value is -1.36. The number of amides is 1. The summed E-state index contributed by atoms with van der Waals surface area (Å²) in [6, 6.07) is 12.4. The van der Waals surface area contributed by atoms with E-state index in [1.54, 1.807) is 11.3 Å². The van der Waals surface area contributed by atoms with E-state index in [2.05, 4.69) is 27.7 Å². The topological polar surface area (TPSA) is 32.3 Å². The molecule has 0 radical (unpaired) electrons. The molecule has 3 rings (SSSR count). The average Bonchev–Trinajstić information content (AvgIpc) is 2.98. The van der Waals surface area contributed by atoms with Gasteiger partial charge in [0.2, 0.25) is 0 Å². The molecule has 1 aromatic carbocycles. The summed E-state index contributed by atoms with van der Waals surface area (Å²) in [4.78, 5) is 16.5. The summed E-state index contributed by atoms with van der Waals surface area (Å²) >= 11 is 1.79. The number of carbonyl (C=O) groups is 1. The van der Waals surface area contributed by atoms with E-state index in [-0.39, 0.29) is 24.4 Å². The van der Waals surface area contributed by atoms with Gasteiger partial charge in [0.1, 0.15) is 0 Å². The van der Waals surface area contributed by atoms with Gasteiger partial charge in [-0.1, -0.05) is 37.1 Å². The van der Waals surface area contributed by atoms with Crippen molar-refractivity contribution in [3.8, 4) is 0 Å². The number of halogens is 1. The van der Waals surface area contributed by atoms with Gasteiger partial charge in [0.05, 0.1) is 6.04 Å². The van der Waals surface area contributed by atoms with Crippen molar-refractivity contribution < 1.29 is 4.79 Å². The van der Waals surface area contributed by atoms with Crippen LogP contribution in [0, 0.1) is 6.92 Å². The molecule has 1 N–H and O–H groups in total. The van der Waals surface area contributed by atoms with E-state index >= 15 is 0 Å². The van der Waals surface area contributed by atoms with Gasteiger partial charge in [-0.3, -0.25) is 9.69 Å². The molecular weight excluding hydrogens is 352 g/mol. The highest BCUT2D eigenvalue weighted by atomic mass is 35.5. The lowest BCUT2D eigenvalue weighted by Crippen LogP contribution is -2.38. The minimum atomic E-state index is 0. The second-order valence-electron chi connectivity index (χ2n) is 6.51. The third kappa shape index (κ3) is 5.30. The van der Waals surface area contributed by atoms with Crippen LogP contribution >= 0.6 is 23.7 Å². The van der Waals surface area contributed by atoms with E-state index < -0.39 is 0 Å². The van der Waals surface area contributed by atoms with Crippen molar-refractivity contribution in [2.75, 3.05) is 19.6 Å². The van der Waals surface area contributed by atoms with Crippen LogP contribution in [-0.2, 0) is 0 Å². The maximum atomic E-state index is 12.6. The van der Waals surface area contributed by atoms with Crippen molar-refractivity contribution in [3.05, 3.63) is 57.8 Å². The molecular formula is C20H27ClN2OS. The van der Waals surface area contributed by atoms with Crippen LogP contribution in [0.4, 0.5) is 0 Å². The lowest BCUT2D eigenvalue weighted by molar-refractivity contribution is 0.0933. The highest BCUT2D eigenvalue weighted by Gasteiger charge is 2.23. The van der Waals surface area contributed by atoms with Crippen molar-refractivity contribution in [1.82, 2.24) is 10.2 Å². The van der Waals surface area contributed by atoms with Crippen LogP contribution < -0.4 is 5.32 Å². The summed E-state index contributed by atoms with van der Waals surface area (Å²) in [5, 5.41) is 5.30. The summed E-state index contributed by atoms with van der Waals surface area (Å²) in [5.74, 6) is 0.0319. The quantitative estimate of drug-likeness (QED) is 0.808. The molecule has 2 heterocycles. The standard InChI is InChI=1S/C20H26N2OS.ClH/c1-16-9-4-5-10-17(16)20(23)21-15-18(19-11-8-14-24-19)22-12-6-2-3-7-13-22;/h4-5,8-11,14,18H,2-3,6-7,12-13,15H2,1H3,(H,21,23);1H. The Bertz CT molecular complexity index is 651. The first-order valence-electron chi connectivity index (χ1n) is 8.87. The first kappa shape index (κ1) is 20.0. The molecule has 0 bridgehead atoms. The molecule has 5 heteroatoms. The van der Waals surface area contributed by atoms with E-state index in [1.807, 2.05) is 31.2 Å². The van der Waals surface area contributed by atoms with Gasteiger partial charge in [0, 0.05) is 17.0 Å².